The van der Waals surface area contributed by atoms with Crippen molar-refractivity contribution >= 4 is 11.7 Å². The van der Waals surface area contributed by atoms with Crippen LogP contribution in [0.4, 0.5) is 19.3 Å². The van der Waals surface area contributed by atoms with E-state index in [0.717, 1.165) is 18.2 Å². The summed E-state index contributed by atoms with van der Waals surface area (Å²) in [5.41, 5.74) is 10.5. The lowest BCUT2D eigenvalue weighted by Gasteiger charge is -2.13. The predicted molar refractivity (Wildman–Crippen MR) is 43.6 cm³/mol. The fraction of sp³-hybridized carbons (Fsp3) is 0. The molecule has 3 N–H and O–H groups in total. The van der Waals surface area contributed by atoms with Gasteiger partial charge in [0.25, 0.3) is 0 Å². The van der Waals surface area contributed by atoms with Crippen LogP contribution in [0.25, 0.3) is 0 Å². The molecule has 0 atom stereocenters. The molecule has 0 aliphatic heterocycles. The second-order valence-corrected chi connectivity index (χ2v) is 2.32. The van der Waals surface area contributed by atoms with Crippen molar-refractivity contribution in [2.24, 2.45) is 11.0 Å². The number of hydrogen-bond donors (Lipinski definition) is 2. The van der Waals surface area contributed by atoms with Crippen LogP contribution in [0.1, 0.15) is 0 Å². The summed E-state index contributed by atoms with van der Waals surface area (Å²) in [6, 6.07) is 1.75. The topological polar surface area (TPSA) is 82.5 Å². The normalized spacial score (nSPS) is 9.57. The van der Waals surface area contributed by atoms with Crippen LogP contribution in [0.15, 0.2) is 23.4 Å². The van der Waals surface area contributed by atoms with Crippen LogP contribution < -0.4 is 10.7 Å². The second-order valence-electron chi connectivity index (χ2n) is 2.32. The van der Waals surface area contributed by atoms with Gasteiger partial charge in [0.1, 0.15) is 5.69 Å². The Morgan fingerprint density at radius 2 is 1.93 bits per heavy atom. The van der Waals surface area contributed by atoms with Crippen molar-refractivity contribution in [3.05, 3.63) is 29.8 Å². The maximum Gasteiger partial charge on any atom is 0.341 e. The van der Waals surface area contributed by atoms with Crippen molar-refractivity contribution in [3.8, 4) is 0 Å². The lowest BCUT2D eigenvalue weighted by Crippen LogP contribution is -2.31. The third-order valence-electron chi connectivity index (χ3n) is 1.46. The summed E-state index contributed by atoms with van der Waals surface area (Å²) in [5, 5.41) is 2.74. The van der Waals surface area contributed by atoms with Crippen molar-refractivity contribution in [2.45, 2.75) is 0 Å². The molecule has 1 aromatic carbocycles. The van der Waals surface area contributed by atoms with Gasteiger partial charge in [-0.25, -0.2) is 13.6 Å². The zero-order chi connectivity index (χ0) is 10.7. The molecule has 0 fully saturated rings. The van der Waals surface area contributed by atoms with Gasteiger partial charge in [-0.1, -0.05) is 11.3 Å². The van der Waals surface area contributed by atoms with E-state index in [2.05, 4.69) is 5.22 Å². The Bertz CT molecular complexity index is 362. The van der Waals surface area contributed by atoms with Gasteiger partial charge >= 0.3 is 6.03 Å². The average Bonchev–Trinajstić information content (AvgIpc) is 2.10. The Morgan fingerprint density at radius 1 is 1.43 bits per heavy atom. The minimum atomic E-state index is -1.23. The summed E-state index contributed by atoms with van der Waals surface area (Å²) >= 11 is 0. The second kappa shape index (κ2) is 3.77. The molecule has 0 aliphatic rings. The van der Waals surface area contributed by atoms with Crippen molar-refractivity contribution in [1.29, 1.82) is 5.53 Å². The summed E-state index contributed by atoms with van der Waals surface area (Å²) in [5.74, 6) is -2.03. The summed E-state index contributed by atoms with van der Waals surface area (Å²) < 4.78 is 26.0. The maximum absolute atomic E-state index is 13.0. The number of benzene rings is 1. The van der Waals surface area contributed by atoms with Gasteiger partial charge in [-0.3, -0.25) is 0 Å². The Labute approximate surface area is 77.6 Å². The van der Waals surface area contributed by atoms with Gasteiger partial charge < -0.3 is 5.73 Å². The molecule has 0 bridgehead atoms. The number of para-hydroxylation sites is 1. The van der Waals surface area contributed by atoms with Gasteiger partial charge in [-0.2, -0.15) is 10.5 Å². The van der Waals surface area contributed by atoms with Crippen LogP contribution >= 0.6 is 0 Å². The number of urea groups is 1. The number of halogens is 2. The number of nitrogens with one attached hydrogen (secondary N) is 1. The number of rotatable bonds is 2. The Hall–Kier alpha value is -2.05. The molecule has 0 heterocycles. The highest BCUT2D eigenvalue weighted by atomic mass is 19.1. The highest BCUT2D eigenvalue weighted by Crippen LogP contribution is 2.22. The van der Waals surface area contributed by atoms with E-state index >= 15 is 0 Å². The Morgan fingerprint density at radius 3 is 2.29 bits per heavy atom. The monoisotopic (exact) mass is 200 g/mol. The third-order valence-corrected chi connectivity index (χ3v) is 1.46. The molecule has 74 valence electrons. The van der Waals surface area contributed by atoms with Crippen molar-refractivity contribution in [1.82, 2.24) is 0 Å². The van der Waals surface area contributed by atoms with Gasteiger partial charge in [-0.15, -0.1) is 0 Å². The summed E-state index contributed by atoms with van der Waals surface area (Å²) in [6.45, 7) is 0. The summed E-state index contributed by atoms with van der Waals surface area (Å²) in [4.78, 5) is 10.6. The Kier molecular flexibility index (Phi) is 2.70. The van der Waals surface area contributed by atoms with Gasteiger partial charge in [0.2, 0.25) is 0 Å². The molecule has 0 saturated heterocycles. The number of amides is 2. The molecule has 7 heteroatoms. The van der Waals surface area contributed by atoms with Crippen LogP contribution in [-0.2, 0) is 0 Å². The smallest absolute Gasteiger partial charge is 0.341 e. The highest BCUT2D eigenvalue weighted by Gasteiger charge is 2.20. The number of carbonyl (C=O) groups is 1. The van der Waals surface area contributed by atoms with Crippen LogP contribution in [0.2, 0.25) is 0 Å². The van der Waals surface area contributed by atoms with Crippen molar-refractivity contribution in [3.63, 3.8) is 0 Å². The van der Waals surface area contributed by atoms with E-state index in [0.29, 0.717) is 0 Å². The van der Waals surface area contributed by atoms with E-state index < -0.39 is 23.4 Å². The number of carbonyl (C=O) groups excluding carboxylic acids is 1. The molecule has 14 heavy (non-hydrogen) atoms. The van der Waals surface area contributed by atoms with Gasteiger partial charge in [0.15, 0.2) is 11.6 Å². The van der Waals surface area contributed by atoms with E-state index in [-0.39, 0.29) is 5.01 Å². The first-order valence-electron chi connectivity index (χ1n) is 3.49. The van der Waals surface area contributed by atoms with Crippen LogP contribution in [0, 0.1) is 17.2 Å². The van der Waals surface area contributed by atoms with Gasteiger partial charge in [-0.05, 0) is 12.1 Å². The first kappa shape index (κ1) is 10.0. The average molecular weight is 200 g/mol. The standard InChI is InChI=1S/C7H6F2N4O/c8-4-2-1-3-5(9)6(4)13(12-11)7(10)14/h1-3,11H,(H2,10,14). The van der Waals surface area contributed by atoms with E-state index in [1.165, 1.54) is 0 Å². The number of nitrogens with zero attached hydrogens (tertiary/aromatic N) is 2. The van der Waals surface area contributed by atoms with Crippen LogP contribution in [0.5, 0.6) is 0 Å². The van der Waals surface area contributed by atoms with E-state index in [1.54, 1.807) is 0 Å². The Balaban J connectivity index is 3.28. The zero-order valence-electron chi connectivity index (χ0n) is 6.87. The van der Waals surface area contributed by atoms with E-state index in [9.17, 15) is 13.6 Å². The summed E-state index contributed by atoms with van der Waals surface area (Å²) in [6.07, 6.45) is 0. The van der Waals surface area contributed by atoms with Gasteiger partial charge in [0, 0.05) is 0 Å². The van der Waals surface area contributed by atoms with Crippen molar-refractivity contribution < 1.29 is 13.6 Å². The molecule has 0 spiro atoms. The van der Waals surface area contributed by atoms with Crippen LogP contribution in [-0.4, -0.2) is 6.03 Å². The molecular weight excluding hydrogens is 194 g/mol. The molecule has 0 unspecified atom stereocenters. The lowest BCUT2D eigenvalue weighted by atomic mass is 10.3. The fourth-order valence-corrected chi connectivity index (χ4v) is 0.901. The van der Waals surface area contributed by atoms with Crippen LogP contribution in [0.3, 0.4) is 0 Å². The highest BCUT2D eigenvalue weighted by molar-refractivity contribution is 5.89. The largest absolute Gasteiger partial charge is 0.350 e. The lowest BCUT2D eigenvalue weighted by molar-refractivity contribution is 0.253. The molecule has 1 aromatic rings. The molecule has 0 aliphatic carbocycles. The van der Waals surface area contributed by atoms with E-state index in [4.69, 9.17) is 11.3 Å². The zero-order valence-corrected chi connectivity index (χ0v) is 6.87. The first-order chi connectivity index (χ1) is 6.57. The maximum atomic E-state index is 13.0. The number of hydrogen-bond acceptors (Lipinski definition) is 3. The fourth-order valence-electron chi connectivity index (χ4n) is 0.901. The molecular formula is C7H6F2N4O. The molecule has 0 radical (unpaired) electrons. The van der Waals surface area contributed by atoms with Gasteiger partial charge in [0.05, 0.1) is 0 Å². The molecule has 1 rings (SSSR count). The minimum Gasteiger partial charge on any atom is -0.350 e. The third kappa shape index (κ3) is 1.65. The molecule has 0 aromatic heterocycles. The number of anilines is 1. The molecule has 5 nitrogen and oxygen atoms in total. The predicted octanol–water partition coefficient (Wildman–Crippen LogP) is 1.80. The first-order valence-corrected chi connectivity index (χ1v) is 3.49. The number of primary amides is 1. The minimum absolute atomic E-state index is 0.130. The SMILES string of the molecule is N=NN(C(N)=O)c1c(F)cccc1F. The van der Waals surface area contributed by atoms with Crippen molar-refractivity contribution in [2.75, 3.05) is 5.01 Å². The molecule has 2 amide bonds. The molecule has 0 saturated carbocycles. The number of nitrogens with two attached hydrogens (primary N) is 1. The quantitative estimate of drug-likeness (QED) is 0.553. The van der Waals surface area contributed by atoms with E-state index in [1.807, 2.05) is 0 Å². The summed E-state index contributed by atoms with van der Waals surface area (Å²) in [7, 11) is 0.